The summed E-state index contributed by atoms with van der Waals surface area (Å²) in [4.78, 5) is 20.2. The van der Waals surface area contributed by atoms with Crippen molar-refractivity contribution in [3.8, 4) is 0 Å². The Kier molecular flexibility index (Phi) is 4.08. The summed E-state index contributed by atoms with van der Waals surface area (Å²) in [6, 6.07) is 4.26. The molecular weight excluding hydrogens is 328 g/mol. The number of hydrogen-bond acceptors (Lipinski definition) is 4. The summed E-state index contributed by atoms with van der Waals surface area (Å²) < 4.78 is 0. The highest BCUT2D eigenvalue weighted by atomic mass is 16.1. The van der Waals surface area contributed by atoms with Crippen molar-refractivity contribution in [2.24, 2.45) is 5.73 Å². The number of aromatic nitrogens is 4. The number of anilines is 1. The molecule has 0 radical (unpaired) electrons. The Balaban J connectivity index is 1.58. The van der Waals surface area contributed by atoms with Gasteiger partial charge in [-0.2, -0.15) is 5.10 Å². The minimum atomic E-state index is -0.243. The van der Waals surface area contributed by atoms with E-state index in [1.807, 2.05) is 19.9 Å². The molecule has 3 aromatic heterocycles. The van der Waals surface area contributed by atoms with Gasteiger partial charge in [-0.25, -0.2) is 4.98 Å². The van der Waals surface area contributed by atoms with Crippen LogP contribution in [-0.2, 0) is 0 Å². The van der Waals surface area contributed by atoms with Crippen LogP contribution in [0.1, 0.15) is 46.7 Å². The number of fused-ring (bicyclic) bond motifs is 1. The predicted molar refractivity (Wildman–Crippen MR) is 102 cm³/mol. The summed E-state index contributed by atoms with van der Waals surface area (Å²) in [5, 5.41) is 10.7. The smallest absolute Gasteiger partial charge is 0.276 e. The molecule has 1 atom stereocenters. The van der Waals surface area contributed by atoms with Crippen molar-refractivity contribution in [2.75, 3.05) is 5.32 Å². The molecule has 1 amide bonds. The lowest BCUT2D eigenvalue weighted by atomic mass is 9.94. The predicted octanol–water partition coefficient (Wildman–Crippen LogP) is 3.05. The molecule has 0 bridgehead atoms. The molecule has 0 spiro atoms. The Morgan fingerprint density at radius 2 is 2.19 bits per heavy atom. The third kappa shape index (κ3) is 3.01. The number of aryl methyl sites for hydroxylation is 1. The minimum absolute atomic E-state index is 0.243. The molecule has 0 aromatic carbocycles. The molecule has 134 valence electrons. The summed E-state index contributed by atoms with van der Waals surface area (Å²) in [5.74, 6) is -0.243. The topological polar surface area (TPSA) is 112 Å². The van der Waals surface area contributed by atoms with Crippen LogP contribution in [0.2, 0.25) is 0 Å². The fourth-order valence-corrected chi connectivity index (χ4v) is 3.25. The lowest BCUT2D eigenvalue weighted by Crippen LogP contribution is -2.21. The minimum Gasteiger partial charge on any atom is -0.339 e. The Bertz CT molecular complexity index is 1010. The largest absolute Gasteiger partial charge is 0.339 e. The van der Waals surface area contributed by atoms with Crippen molar-refractivity contribution in [1.82, 2.24) is 20.2 Å². The number of H-pyrrole nitrogens is 2. The van der Waals surface area contributed by atoms with Gasteiger partial charge in [0.2, 0.25) is 0 Å². The number of carbonyl (C=O) groups excluding carboxylic acids is 1. The zero-order chi connectivity index (χ0) is 18.3. The van der Waals surface area contributed by atoms with Gasteiger partial charge in [0.15, 0.2) is 5.69 Å². The highest BCUT2D eigenvalue weighted by molar-refractivity contribution is 6.04. The lowest BCUT2D eigenvalue weighted by Gasteiger charge is -2.17. The van der Waals surface area contributed by atoms with Crippen molar-refractivity contribution < 1.29 is 4.79 Å². The number of rotatable bonds is 3. The lowest BCUT2D eigenvalue weighted by molar-refractivity contribution is 0.102. The number of nitrogens with one attached hydrogen (secondary N) is 3. The Hall–Kier alpha value is -2.93. The molecule has 26 heavy (non-hydrogen) atoms. The molecule has 0 aliphatic heterocycles. The summed E-state index contributed by atoms with van der Waals surface area (Å²) in [6.07, 6.45) is 6.72. The monoisotopic (exact) mass is 350 g/mol. The van der Waals surface area contributed by atoms with Crippen LogP contribution in [0.25, 0.3) is 16.6 Å². The number of carbonyl (C=O) groups is 1. The van der Waals surface area contributed by atoms with E-state index in [0.717, 1.165) is 47.2 Å². The number of nitrogens with two attached hydrogens (primary N) is 1. The van der Waals surface area contributed by atoms with E-state index in [1.165, 1.54) is 5.57 Å². The normalized spacial score (nSPS) is 17.3. The van der Waals surface area contributed by atoms with Crippen molar-refractivity contribution in [3.05, 3.63) is 47.1 Å². The SMILES string of the molecule is Cc1[nH]nc(C(=O)Nc2cnc3[nH]c(C4=CCC(N)CC4)cc3c2)c1C. The number of nitrogens with zero attached hydrogens (tertiary/aromatic N) is 2. The second kappa shape index (κ2) is 6.42. The Morgan fingerprint density at radius 3 is 2.88 bits per heavy atom. The van der Waals surface area contributed by atoms with E-state index >= 15 is 0 Å². The molecule has 7 heteroatoms. The Morgan fingerprint density at radius 1 is 1.35 bits per heavy atom. The van der Waals surface area contributed by atoms with Gasteiger partial charge in [-0.15, -0.1) is 0 Å². The molecule has 0 saturated carbocycles. The van der Waals surface area contributed by atoms with Gasteiger partial charge in [0.25, 0.3) is 5.91 Å². The van der Waals surface area contributed by atoms with E-state index in [1.54, 1.807) is 6.20 Å². The van der Waals surface area contributed by atoms with Gasteiger partial charge < -0.3 is 16.0 Å². The molecule has 1 unspecified atom stereocenters. The molecule has 0 saturated heterocycles. The first-order chi connectivity index (χ1) is 12.5. The third-order valence-electron chi connectivity index (χ3n) is 4.99. The van der Waals surface area contributed by atoms with E-state index in [2.05, 4.69) is 37.6 Å². The van der Waals surface area contributed by atoms with Crippen LogP contribution >= 0.6 is 0 Å². The van der Waals surface area contributed by atoms with Crippen molar-refractivity contribution in [3.63, 3.8) is 0 Å². The first-order valence-corrected chi connectivity index (χ1v) is 8.78. The fourth-order valence-electron chi connectivity index (χ4n) is 3.25. The first kappa shape index (κ1) is 16.5. The van der Waals surface area contributed by atoms with Crippen molar-refractivity contribution in [2.45, 2.75) is 39.2 Å². The maximum Gasteiger partial charge on any atom is 0.276 e. The average molecular weight is 350 g/mol. The van der Waals surface area contributed by atoms with Crippen LogP contribution in [-0.4, -0.2) is 32.1 Å². The molecule has 1 aliphatic rings. The molecule has 3 heterocycles. The van der Waals surface area contributed by atoms with Crippen LogP contribution in [0.5, 0.6) is 0 Å². The van der Waals surface area contributed by atoms with Gasteiger partial charge in [-0.3, -0.25) is 9.89 Å². The van der Waals surface area contributed by atoms with E-state index in [4.69, 9.17) is 5.73 Å². The first-order valence-electron chi connectivity index (χ1n) is 8.78. The van der Waals surface area contributed by atoms with Crippen molar-refractivity contribution in [1.29, 1.82) is 0 Å². The van der Waals surface area contributed by atoms with Gasteiger partial charge in [-0.05, 0) is 50.8 Å². The second-order valence-electron chi connectivity index (χ2n) is 6.88. The highest BCUT2D eigenvalue weighted by Gasteiger charge is 2.16. The van der Waals surface area contributed by atoms with E-state index < -0.39 is 0 Å². The average Bonchev–Trinajstić information content (AvgIpc) is 3.19. The number of aromatic amines is 2. The third-order valence-corrected chi connectivity index (χ3v) is 4.99. The van der Waals surface area contributed by atoms with Crippen LogP contribution in [0.4, 0.5) is 5.69 Å². The second-order valence-corrected chi connectivity index (χ2v) is 6.88. The number of pyridine rings is 1. The van der Waals surface area contributed by atoms with E-state index in [0.29, 0.717) is 11.4 Å². The van der Waals surface area contributed by atoms with Crippen molar-refractivity contribution >= 4 is 28.2 Å². The number of amides is 1. The summed E-state index contributed by atoms with van der Waals surface area (Å²) in [7, 11) is 0. The van der Waals surface area contributed by atoms with Gasteiger partial charge >= 0.3 is 0 Å². The highest BCUT2D eigenvalue weighted by Crippen LogP contribution is 2.28. The molecule has 1 aliphatic carbocycles. The summed E-state index contributed by atoms with van der Waals surface area (Å²) in [5.41, 5.74) is 11.9. The van der Waals surface area contributed by atoms with Gasteiger partial charge in [0.1, 0.15) is 5.65 Å². The zero-order valence-corrected chi connectivity index (χ0v) is 14.9. The summed E-state index contributed by atoms with van der Waals surface area (Å²) >= 11 is 0. The number of allylic oxidation sites excluding steroid dienone is 1. The zero-order valence-electron chi connectivity index (χ0n) is 14.9. The molecular formula is C19H22N6O. The quantitative estimate of drug-likeness (QED) is 0.581. The Labute approximate surface area is 151 Å². The maximum absolute atomic E-state index is 12.4. The van der Waals surface area contributed by atoms with Crippen LogP contribution in [0, 0.1) is 13.8 Å². The molecule has 0 fully saturated rings. The van der Waals surface area contributed by atoms with E-state index in [-0.39, 0.29) is 11.9 Å². The standard InChI is InChI=1S/C19H22N6O/c1-10-11(2)24-25-17(10)19(26)22-15-7-13-8-16(23-18(13)21-9-15)12-3-5-14(20)6-4-12/h3,7-9,14H,4-6,20H2,1-2H3,(H,21,23)(H,22,26)(H,24,25). The molecule has 7 nitrogen and oxygen atoms in total. The maximum atomic E-state index is 12.4. The van der Waals surface area contributed by atoms with Gasteiger partial charge in [-0.1, -0.05) is 6.08 Å². The van der Waals surface area contributed by atoms with Crippen LogP contribution in [0.15, 0.2) is 24.4 Å². The number of hydrogen-bond donors (Lipinski definition) is 4. The molecule has 3 aromatic rings. The van der Waals surface area contributed by atoms with Crippen LogP contribution < -0.4 is 11.1 Å². The fraction of sp³-hybridized carbons (Fsp3) is 0.316. The van der Waals surface area contributed by atoms with Crippen LogP contribution in [0.3, 0.4) is 0 Å². The summed E-state index contributed by atoms with van der Waals surface area (Å²) in [6.45, 7) is 3.76. The van der Waals surface area contributed by atoms with Gasteiger partial charge in [0, 0.05) is 28.4 Å². The van der Waals surface area contributed by atoms with E-state index in [9.17, 15) is 4.79 Å². The molecule has 4 rings (SSSR count). The van der Waals surface area contributed by atoms with Gasteiger partial charge in [0.05, 0.1) is 11.9 Å². The molecule has 5 N–H and O–H groups in total.